The molecule has 1 N–H and O–H groups in total. The fraction of sp³-hybridized carbons (Fsp3) is 0.286. The van der Waals surface area contributed by atoms with Crippen LogP contribution in [0.3, 0.4) is 0 Å². The van der Waals surface area contributed by atoms with E-state index in [2.05, 4.69) is 10.3 Å². The van der Waals surface area contributed by atoms with E-state index in [4.69, 9.17) is 0 Å². The molecule has 0 aliphatic carbocycles. The van der Waals surface area contributed by atoms with Crippen molar-refractivity contribution in [2.24, 2.45) is 0 Å². The van der Waals surface area contributed by atoms with Crippen LogP contribution in [-0.4, -0.2) is 33.4 Å². The molecule has 1 fully saturated rings. The van der Waals surface area contributed by atoms with Crippen LogP contribution >= 0.6 is 0 Å². The maximum atomic E-state index is 12.6. The van der Waals surface area contributed by atoms with Gasteiger partial charge in [-0.2, -0.15) is 0 Å². The molecule has 0 spiro atoms. The topological polar surface area (TPSA) is 50.2 Å². The summed E-state index contributed by atoms with van der Waals surface area (Å²) in [6, 6.07) is 7.77. The lowest BCUT2D eigenvalue weighted by molar-refractivity contribution is 0.0397. The zero-order chi connectivity index (χ0) is 12.9. The van der Waals surface area contributed by atoms with Gasteiger partial charge in [-0.1, -0.05) is 0 Å². The molecule has 1 saturated heterocycles. The van der Waals surface area contributed by atoms with Crippen molar-refractivity contribution in [2.75, 3.05) is 13.1 Å². The smallest absolute Gasteiger partial charge is 0.272 e. The Morgan fingerprint density at radius 2 is 2.11 bits per heavy atom. The van der Waals surface area contributed by atoms with Gasteiger partial charge in [0, 0.05) is 31.7 Å². The minimum atomic E-state index is -0.425. The van der Waals surface area contributed by atoms with Crippen LogP contribution in [0.2, 0.25) is 0 Å². The summed E-state index contributed by atoms with van der Waals surface area (Å²) < 4.78 is 2.03. The van der Waals surface area contributed by atoms with E-state index in [9.17, 15) is 4.79 Å². The Kier molecular flexibility index (Phi) is 2.08. The highest BCUT2D eigenvalue weighted by molar-refractivity contribution is 5.94. The quantitative estimate of drug-likeness (QED) is 0.818. The molecule has 1 amide bonds. The first kappa shape index (κ1) is 10.8. The number of fused-ring (bicyclic) bond motifs is 2. The molecule has 4 heterocycles. The first-order valence-corrected chi connectivity index (χ1v) is 6.44. The van der Waals surface area contributed by atoms with Gasteiger partial charge in [0.2, 0.25) is 0 Å². The summed E-state index contributed by atoms with van der Waals surface area (Å²) in [6.07, 6.45) is 5.52. The minimum absolute atomic E-state index is 0.0954. The molecule has 1 unspecified atom stereocenters. The lowest BCUT2D eigenvalue weighted by Crippen LogP contribution is -2.57. The van der Waals surface area contributed by atoms with Gasteiger partial charge in [-0.3, -0.25) is 15.1 Å². The SMILES string of the molecule is O=C1c2cccn2CC2(c3ccncc3)NCCN12. The van der Waals surface area contributed by atoms with Gasteiger partial charge in [0.15, 0.2) is 0 Å². The maximum absolute atomic E-state index is 12.6. The van der Waals surface area contributed by atoms with E-state index in [1.54, 1.807) is 12.4 Å². The van der Waals surface area contributed by atoms with Gasteiger partial charge in [0.1, 0.15) is 11.4 Å². The number of nitrogens with one attached hydrogen (secondary N) is 1. The molecule has 0 aromatic carbocycles. The minimum Gasteiger partial charge on any atom is -0.339 e. The van der Waals surface area contributed by atoms with E-state index in [1.807, 2.05) is 39.9 Å². The van der Waals surface area contributed by atoms with Crippen LogP contribution in [0.25, 0.3) is 0 Å². The van der Waals surface area contributed by atoms with Crippen LogP contribution in [0.15, 0.2) is 42.9 Å². The summed E-state index contributed by atoms with van der Waals surface area (Å²) in [7, 11) is 0. The first-order chi connectivity index (χ1) is 9.31. The molecule has 0 bridgehead atoms. The second-order valence-electron chi connectivity index (χ2n) is 5.00. The molecule has 1 atom stereocenters. The monoisotopic (exact) mass is 254 g/mol. The lowest BCUT2D eigenvalue weighted by Gasteiger charge is -2.42. The Labute approximate surface area is 110 Å². The Morgan fingerprint density at radius 3 is 2.95 bits per heavy atom. The number of carbonyl (C=O) groups excluding carboxylic acids is 1. The van der Waals surface area contributed by atoms with Gasteiger partial charge < -0.3 is 9.47 Å². The maximum Gasteiger partial charge on any atom is 0.272 e. The van der Waals surface area contributed by atoms with E-state index in [0.717, 1.165) is 30.9 Å². The zero-order valence-corrected chi connectivity index (χ0v) is 10.4. The summed E-state index contributed by atoms with van der Waals surface area (Å²) in [6.45, 7) is 2.30. The van der Waals surface area contributed by atoms with E-state index in [0.29, 0.717) is 0 Å². The van der Waals surface area contributed by atoms with Gasteiger partial charge in [-0.05, 0) is 29.8 Å². The number of aromatic nitrogens is 2. The third-order valence-corrected chi connectivity index (χ3v) is 4.06. The molecule has 2 aromatic rings. The van der Waals surface area contributed by atoms with Crippen molar-refractivity contribution >= 4 is 5.91 Å². The number of pyridine rings is 1. The van der Waals surface area contributed by atoms with Crippen molar-refractivity contribution in [1.29, 1.82) is 0 Å². The molecule has 2 aliphatic rings. The van der Waals surface area contributed by atoms with Crippen LogP contribution in [-0.2, 0) is 12.2 Å². The lowest BCUT2D eigenvalue weighted by atomic mass is 9.97. The largest absolute Gasteiger partial charge is 0.339 e. The second kappa shape index (κ2) is 3.68. The van der Waals surface area contributed by atoms with Crippen molar-refractivity contribution in [3.63, 3.8) is 0 Å². The Morgan fingerprint density at radius 1 is 1.26 bits per heavy atom. The Balaban J connectivity index is 1.90. The zero-order valence-electron chi connectivity index (χ0n) is 10.4. The number of nitrogens with zero attached hydrogens (tertiary/aromatic N) is 3. The predicted molar refractivity (Wildman–Crippen MR) is 69.4 cm³/mol. The number of rotatable bonds is 1. The molecule has 19 heavy (non-hydrogen) atoms. The van der Waals surface area contributed by atoms with E-state index >= 15 is 0 Å². The van der Waals surface area contributed by atoms with Crippen molar-refractivity contribution in [1.82, 2.24) is 19.8 Å². The molecule has 0 saturated carbocycles. The summed E-state index contributed by atoms with van der Waals surface area (Å²) in [5.74, 6) is 0.0954. The van der Waals surface area contributed by atoms with Crippen LogP contribution in [0.5, 0.6) is 0 Å². The van der Waals surface area contributed by atoms with Crippen molar-refractivity contribution in [3.05, 3.63) is 54.1 Å². The van der Waals surface area contributed by atoms with Crippen molar-refractivity contribution in [2.45, 2.75) is 12.2 Å². The Bertz CT molecular complexity index is 636. The average Bonchev–Trinajstić information content (AvgIpc) is 3.07. The van der Waals surface area contributed by atoms with E-state index < -0.39 is 5.66 Å². The number of amides is 1. The summed E-state index contributed by atoms with van der Waals surface area (Å²) >= 11 is 0. The summed E-state index contributed by atoms with van der Waals surface area (Å²) in [5, 5.41) is 3.51. The highest BCUT2D eigenvalue weighted by Crippen LogP contribution is 2.36. The molecule has 2 aromatic heterocycles. The molecular formula is C14H14N4O. The molecule has 2 aliphatic heterocycles. The van der Waals surface area contributed by atoms with Gasteiger partial charge >= 0.3 is 0 Å². The molecular weight excluding hydrogens is 240 g/mol. The highest BCUT2D eigenvalue weighted by atomic mass is 16.2. The van der Waals surface area contributed by atoms with Crippen LogP contribution in [0, 0.1) is 0 Å². The van der Waals surface area contributed by atoms with Crippen LogP contribution in [0.1, 0.15) is 16.1 Å². The second-order valence-corrected chi connectivity index (χ2v) is 5.00. The average molecular weight is 254 g/mol. The third kappa shape index (κ3) is 1.33. The number of hydrogen-bond donors (Lipinski definition) is 1. The van der Waals surface area contributed by atoms with Gasteiger partial charge in [0.05, 0.1) is 6.54 Å². The van der Waals surface area contributed by atoms with Crippen LogP contribution in [0.4, 0.5) is 0 Å². The van der Waals surface area contributed by atoms with E-state index in [-0.39, 0.29) is 5.91 Å². The van der Waals surface area contributed by atoms with Crippen molar-refractivity contribution in [3.8, 4) is 0 Å². The highest BCUT2D eigenvalue weighted by Gasteiger charge is 2.49. The van der Waals surface area contributed by atoms with E-state index in [1.165, 1.54) is 0 Å². The molecule has 5 nitrogen and oxygen atoms in total. The molecule has 0 radical (unpaired) electrons. The van der Waals surface area contributed by atoms with Gasteiger partial charge in [-0.15, -0.1) is 0 Å². The van der Waals surface area contributed by atoms with Gasteiger partial charge in [0.25, 0.3) is 5.91 Å². The van der Waals surface area contributed by atoms with Crippen LogP contribution < -0.4 is 5.32 Å². The normalized spacial score (nSPS) is 25.3. The molecule has 5 heteroatoms. The number of hydrogen-bond acceptors (Lipinski definition) is 3. The third-order valence-electron chi connectivity index (χ3n) is 4.06. The molecule has 96 valence electrons. The standard InChI is InChI=1S/C14H14N4O/c19-13-12-2-1-8-17(12)10-14(16-7-9-18(13)14)11-3-5-15-6-4-11/h1-6,8,16H,7,9-10H2. The van der Waals surface area contributed by atoms with Crippen molar-refractivity contribution < 1.29 is 4.79 Å². The first-order valence-electron chi connectivity index (χ1n) is 6.44. The predicted octanol–water partition coefficient (Wildman–Crippen LogP) is 0.795. The summed E-state index contributed by atoms with van der Waals surface area (Å²) in [5.41, 5.74) is 1.44. The molecule has 4 rings (SSSR count). The summed E-state index contributed by atoms with van der Waals surface area (Å²) in [4.78, 5) is 18.6. The fourth-order valence-corrected chi connectivity index (χ4v) is 3.18. The fourth-order valence-electron chi connectivity index (χ4n) is 3.18. The van der Waals surface area contributed by atoms with Gasteiger partial charge in [-0.25, -0.2) is 0 Å². The number of carbonyl (C=O) groups is 1. The Hall–Kier alpha value is -2.14.